The Morgan fingerprint density at radius 1 is 1.50 bits per heavy atom. The molecule has 0 aliphatic rings. The van der Waals surface area contributed by atoms with E-state index in [4.69, 9.17) is 5.26 Å². The maximum Gasteiger partial charge on any atom is 0.126 e. The average Bonchev–Trinajstić information content (AvgIpc) is 2.50. The van der Waals surface area contributed by atoms with Gasteiger partial charge in [-0.1, -0.05) is 0 Å². The van der Waals surface area contributed by atoms with Crippen molar-refractivity contribution >= 4 is 11.0 Å². The maximum absolute atomic E-state index is 12.8. The molecule has 1 aromatic carbocycles. The van der Waals surface area contributed by atoms with E-state index in [0.29, 0.717) is 11.0 Å². The van der Waals surface area contributed by atoms with E-state index >= 15 is 0 Å². The van der Waals surface area contributed by atoms with Crippen molar-refractivity contribution < 1.29 is 4.39 Å². The number of nitrogens with zero attached hydrogens (tertiary/aromatic N) is 2. The Kier molecular flexibility index (Phi) is 1.31. The molecule has 1 N–H and O–H groups in total. The molecule has 0 fully saturated rings. The molecule has 0 spiro atoms. The largest absolute Gasteiger partial charge is 0.344 e. The van der Waals surface area contributed by atoms with E-state index in [2.05, 4.69) is 9.97 Å². The van der Waals surface area contributed by atoms with Crippen LogP contribution in [0, 0.1) is 17.1 Å². The van der Waals surface area contributed by atoms with Gasteiger partial charge in [-0.25, -0.2) is 9.37 Å². The normalized spacial score (nSPS) is 10.0. The minimum atomic E-state index is -0.427. The maximum atomic E-state index is 12.8. The fraction of sp³-hybridized carbons (Fsp3) is 0. The number of aromatic amines is 1. The van der Waals surface area contributed by atoms with Gasteiger partial charge in [0.15, 0.2) is 0 Å². The van der Waals surface area contributed by atoms with Gasteiger partial charge in [-0.2, -0.15) is 5.26 Å². The van der Waals surface area contributed by atoms with Crippen LogP contribution in [-0.2, 0) is 0 Å². The number of hydrogen-bond donors (Lipinski definition) is 1. The first-order valence-corrected chi connectivity index (χ1v) is 3.34. The van der Waals surface area contributed by atoms with Crippen molar-refractivity contribution in [3.05, 3.63) is 29.8 Å². The van der Waals surface area contributed by atoms with Crippen LogP contribution < -0.4 is 0 Å². The molecule has 4 heteroatoms. The van der Waals surface area contributed by atoms with E-state index in [1.165, 1.54) is 18.5 Å². The second kappa shape index (κ2) is 2.31. The third-order valence-corrected chi connectivity index (χ3v) is 1.61. The van der Waals surface area contributed by atoms with Gasteiger partial charge in [0.1, 0.15) is 17.4 Å². The zero-order valence-corrected chi connectivity index (χ0v) is 6.00. The summed E-state index contributed by atoms with van der Waals surface area (Å²) >= 11 is 0. The fourth-order valence-electron chi connectivity index (χ4n) is 1.10. The molecule has 2 aromatic rings. The highest BCUT2D eigenvalue weighted by molar-refractivity contribution is 5.80. The summed E-state index contributed by atoms with van der Waals surface area (Å²) in [7, 11) is 0. The summed E-state index contributed by atoms with van der Waals surface area (Å²) < 4.78 is 12.8. The molecule has 0 amide bonds. The van der Waals surface area contributed by atoms with Crippen LogP contribution >= 0.6 is 0 Å². The summed E-state index contributed by atoms with van der Waals surface area (Å²) in [5.74, 6) is -0.427. The van der Waals surface area contributed by atoms with Gasteiger partial charge in [-0.15, -0.1) is 0 Å². The van der Waals surface area contributed by atoms with E-state index in [1.807, 2.05) is 6.07 Å². The highest BCUT2D eigenvalue weighted by atomic mass is 19.1. The zero-order valence-electron chi connectivity index (χ0n) is 6.00. The van der Waals surface area contributed by atoms with Gasteiger partial charge in [-0.3, -0.25) is 0 Å². The number of hydrogen-bond acceptors (Lipinski definition) is 2. The second-order valence-corrected chi connectivity index (χ2v) is 2.36. The first-order chi connectivity index (χ1) is 5.81. The lowest BCUT2D eigenvalue weighted by molar-refractivity contribution is 0.629. The molecule has 0 radical (unpaired) electrons. The van der Waals surface area contributed by atoms with E-state index in [9.17, 15) is 4.39 Å². The number of H-pyrrole nitrogens is 1. The fourth-order valence-corrected chi connectivity index (χ4v) is 1.10. The average molecular weight is 161 g/mol. The summed E-state index contributed by atoms with van der Waals surface area (Å²) in [4.78, 5) is 6.62. The summed E-state index contributed by atoms with van der Waals surface area (Å²) in [6.07, 6.45) is 1.44. The number of rotatable bonds is 0. The smallest absolute Gasteiger partial charge is 0.126 e. The molecule has 0 saturated heterocycles. The highest BCUT2D eigenvalue weighted by Gasteiger charge is 2.04. The molecule has 0 atom stereocenters. The Balaban J connectivity index is 2.91. The number of nitrogens with one attached hydrogen (secondary N) is 1. The summed E-state index contributed by atoms with van der Waals surface area (Å²) in [5, 5.41) is 8.61. The number of aromatic nitrogens is 2. The van der Waals surface area contributed by atoms with Crippen LogP contribution in [0.2, 0.25) is 0 Å². The zero-order chi connectivity index (χ0) is 8.55. The van der Waals surface area contributed by atoms with Crippen molar-refractivity contribution in [2.24, 2.45) is 0 Å². The molecule has 1 heterocycles. The van der Waals surface area contributed by atoms with E-state index < -0.39 is 5.82 Å². The lowest BCUT2D eigenvalue weighted by Crippen LogP contribution is -1.81. The third kappa shape index (κ3) is 0.839. The standard InChI is InChI=1S/C8H4FN3/c9-6-1-5(3-10)8-7(2-6)11-4-12-8/h1-2,4H,(H,11,12). The van der Waals surface area contributed by atoms with Crippen LogP contribution in [0.15, 0.2) is 18.5 Å². The quantitative estimate of drug-likeness (QED) is 0.637. The second-order valence-electron chi connectivity index (χ2n) is 2.36. The van der Waals surface area contributed by atoms with E-state index in [-0.39, 0.29) is 5.56 Å². The number of imidazole rings is 1. The Hall–Kier alpha value is -1.89. The van der Waals surface area contributed by atoms with Gasteiger partial charge in [0.25, 0.3) is 0 Å². The van der Waals surface area contributed by atoms with Gasteiger partial charge >= 0.3 is 0 Å². The Labute approximate surface area is 67.5 Å². The minimum Gasteiger partial charge on any atom is -0.344 e. The molecule has 0 aliphatic heterocycles. The molecule has 0 unspecified atom stereocenters. The van der Waals surface area contributed by atoms with E-state index in [0.717, 1.165) is 0 Å². The topological polar surface area (TPSA) is 52.5 Å². The summed E-state index contributed by atoms with van der Waals surface area (Å²) in [6.45, 7) is 0. The van der Waals surface area contributed by atoms with Crippen LogP contribution in [0.5, 0.6) is 0 Å². The van der Waals surface area contributed by atoms with Gasteiger partial charge in [-0.05, 0) is 12.1 Å². The van der Waals surface area contributed by atoms with Gasteiger partial charge in [0.2, 0.25) is 0 Å². The monoisotopic (exact) mass is 161 g/mol. The highest BCUT2D eigenvalue weighted by Crippen LogP contribution is 2.15. The molecular weight excluding hydrogens is 157 g/mol. The molecule has 3 nitrogen and oxygen atoms in total. The predicted octanol–water partition coefficient (Wildman–Crippen LogP) is 1.57. The van der Waals surface area contributed by atoms with Crippen LogP contribution in [0.25, 0.3) is 11.0 Å². The third-order valence-electron chi connectivity index (χ3n) is 1.61. The number of halogens is 1. The van der Waals surface area contributed by atoms with Crippen LogP contribution in [-0.4, -0.2) is 9.97 Å². The first kappa shape index (κ1) is 6.80. The molecule has 0 saturated carbocycles. The predicted molar refractivity (Wildman–Crippen MR) is 40.8 cm³/mol. The minimum absolute atomic E-state index is 0.256. The van der Waals surface area contributed by atoms with Crippen LogP contribution in [0.4, 0.5) is 4.39 Å². The molecule has 2 rings (SSSR count). The van der Waals surface area contributed by atoms with E-state index in [1.54, 1.807) is 0 Å². The van der Waals surface area contributed by atoms with Crippen molar-refractivity contribution in [3.8, 4) is 6.07 Å². The molecule has 1 aromatic heterocycles. The lowest BCUT2D eigenvalue weighted by Gasteiger charge is -1.91. The molecule has 58 valence electrons. The Morgan fingerprint density at radius 2 is 2.33 bits per heavy atom. The van der Waals surface area contributed by atoms with Crippen molar-refractivity contribution in [1.82, 2.24) is 9.97 Å². The van der Waals surface area contributed by atoms with Gasteiger partial charge in [0, 0.05) is 0 Å². The number of fused-ring (bicyclic) bond motifs is 1. The SMILES string of the molecule is N#Cc1cc(F)cc2[nH]cnc12. The van der Waals surface area contributed by atoms with Crippen molar-refractivity contribution in [3.63, 3.8) is 0 Å². The Bertz CT molecular complexity index is 467. The Morgan fingerprint density at radius 3 is 3.08 bits per heavy atom. The number of benzene rings is 1. The molecule has 0 aliphatic carbocycles. The molecule has 0 bridgehead atoms. The first-order valence-electron chi connectivity index (χ1n) is 3.34. The molecule has 12 heavy (non-hydrogen) atoms. The van der Waals surface area contributed by atoms with Crippen LogP contribution in [0.1, 0.15) is 5.56 Å². The summed E-state index contributed by atoms with van der Waals surface area (Å²) in [5.41, 5.74) is 1.32. The molecular formula is C8H4FN3. The summed E-state index contributed by atoms with van der Waals surface area (Å²) in [6, 6.07) is 4.35. The van der Waals surface area contributed by atoms with Crippen LogP contribution in [0.3, 0.4) is 0 Å². The number of nitriles is 1. The van der Waals surface area contributed by atoms with Crippen molar-refractivity contribution in [2.45, 2.75) is 0 Å². The lowest BCUT2D eigenvalue weighted by atomic mass is 10.2. The van der Waals surface area contributed by atoms with Gasteiger partial charge < -0.3 is 4.98 Å². The van der Waals surface area contributed by atoms with Crippen molar-refractivity contribution in [1.29, 1.82) is 5.26 Å². The van der Waals surface area contributed by atoms with Crippen molar-refractivity contribution in [2.75, 3.05) is 0 Å². The van der Waals surface area contributed by atoms with Gasteiger partial charge in [0.05, 0.1) is 17.4 Å².